The highest BCUT2D eigenvalue weighted by molar-refractivity contribution is 9.10. The fourth-order valence-corrected chi connectivity index (χ4v) is 1.26. The molecule has 0 aliphatic carbocycles. The van der Waals surface area contributed by atoms with Crippen LogP contribution in [0.3, 0.4) is 0 Å². The monoisotopic (exact) mass is 294 g/mol. The van der Waals surface area contributed by atoms with E-state index in [1.807, 2.05) is 0 Å². The van der Waals surface area contributed by atoms with E-state index < -0.39 is 16.5 Å². The molecule has 16 heavy (non-hydrogen) atoms. The van der Waals surface area contributed by atoms with E-state index in [1.165, 1.54) is 12.1 Å². The summed E-state index contributed by atoms with van der Waals surface area (Å²) >= 11 is 3.06. The molecule has 0 spiro atoms. The van der Waals surface area contributed by atoms with Gasteiger partial charge < -0.3 is 4.74 Å². The minimum Gasteiger partial charge on any atom is -0.319 e. The summed E-state index contributed by atoms with van der Waals surface area (Å²) in [5, 5.41) is 7.09. The van der Waals surface area contributed by atoms with Gasteiger partial charge in [0.1, 0.15) is 0 Å². The van der Waals surface area contributed by atoms with Crippen molar-refractivity contribution < 1.29 is 17.9 Å². The van der Waals surface area contributed by atoms with E-state index >= 15 is 0 Å². The second-order valence-corrected chi connectivity index (χ2v) is 4.25. The smallest absolute Gasteiger partial charge is 0.319 e. The SMILES string of the molecule is FC(F)(F)c1ccc(COC2(Br)N=N2)cc1. The molecule has 0 saturated heterocycles. The van der Waals surface area contributed by atoms with Crippen LogP contribution in [0.1, 0.15) is 11.1 Å². The maximum Gasteiger partial charge on any atom is 0.416 e. The minimum absolute atomic E-state index is 0.149. The third kappa shape index (κ3) is 2.79. The molecule has 7 heteroatoms. The number of hydrogen-bond acceptors (Lipinski definition) is 3. The first-order valence-corrected chi connectivity index (χ1v) is 5.11. The molecule has 0 bridgehead atoms. The lowest BCUT2D eigenvalue weighted by Crippen LogP contribution is -2.07. The Morgan fingerprint density at radius 3 is 2.19 bits per heavy atom. The molecule has 1 aromatic rings. The Labute approximate surface area is 97.4 Å². The van der Waals surface area contributed by atoms with Crippen molar-refractivity contribution >= 4 is 15.9 Å². The second-order valence-electron chi connectivity index (χ2n) is 3.21. The van der Waals surface area contributed by atoms with Gasteiger partial charge in [-0.25, -0.2) is 0 Å². The average molecular weight is 295 g/mol. The number of hydrogen-bond donors (Lipinski definition) is 0. The first-order chi connectivity index (χ1) is 7.39. The van der Waals surface area contributed by atoms with Crippen LogP contribution in [0, 0.1) is 0 Å². The van der Waals surface area contributed by atoms with Crippen LogP contribution in [0.2, 0.25) is 0 Å². The van der Waals surface area contributed by atoms with Crippen LogP contribution >= 0.6 is 15.9 Å². The Bertz CT molecular complexity index is 410. The van der Waals surface area contributed by atoms with Crippen molar-refractivity contribution in [2.45, 2.75) is 17.5 Å². The van der Waals surface area contributed by atoms with E-state index in [2.05, 4.69) is 26.2 Å². The normalized spacial score (nSPS) is 17.5. The zero-order chi connectivity index (χ0) is 11.8. The first kappa shape index (κ1) is 11.5. The molecule has 1 heterocycles. The summed E-state index contributed by atoms with van der Waals surface area (Å²) in [6, 6.07) is 4.75. The number of alkyl halides is 4. The number of halogens is 4. The second kappa shape index (κ2) is 3.81. The third-order valence-electron chi connectivity index (χ3n) is 1.96. The Morgan fingerprint density at radius 1 is 1.19 bits per heavy atom. The maximum absolute atomic E-state index is 12.2. The van der Waals surface area contributed by atoms with Gasteiger partial charge >= 0.3 is 10.9 Å². The molecule has 0 atom stereocenters. The molecule has 0 saturated carbocycles. The lowest BCUT2D eigenvalue weighted by molar-refractivity contribution is -0.137. The quantitative estimate of drug-likeness (QED) is 0.618. The standard InChI is InChI=1S/C9H6BrF3N2O/c10-9(14-15-9)16-5-6-1-3-7(4-2-6)8(11,12)13/h1-4H,5H2. The number of rotatable bonds is 3. The summed E-state index contributed by atoms with van der Waals surface area (Å²) in [5.74, 6) is 0. The van der Waals surface area contributed by atoms with Crippen molar-refractivity contribution in [3.05, 3.63) is 35.4 Å². The van der Waals surface area contributed by atoms with Gasteiger partial charge in [0.2, 0.25) is 0 Å². The van der Waals surface area contributed by atoms with Gasteiger partial charge in [-0.2, -0.15) is 13.2 Å². The van der Waals surface area contributed by atoms with E-state index in [0.717, 1.165) is 12.1 Å². The van der Waals surface area contributed by atoms with Crippen molar-refractivity contribution in [2.24, 2.45) is 10.2 Å². The Balaban J connectivity index is 1.97. The van der Waals surface area contributed by atoms with E-state index in [-0.39, 0.29) is 6.61 Å². The molecule has 0 unspecified atom stereocenters. The highest BCUT2D eigenvalue weighted by Crippen LogP contribution is 2.37. The van der Waals surface area contributed by atoms with Gasteiger partial charge in [0.05, 0.1) is 12.2 Å². The van der Waals surface area contributed by atoms with E-state index in [4.69, 9.17) is 4.74 Å². The molecule has 0 amide bonds. The molecular formula is C9H6BrF3N2O. The van der Waals surface area contributed by atoms with E-state index in [0.29, 0.717) is 5.56 Å². The van der Waals surface area contributed by atoms with Crippen molar-refractivity contribution in [1.29, 1.82) is 0 Å². The van der Waals surface area contributed by atoms with Crippen molar-refractivity contribution in [1.82, 2.24) is 0 Å². The predicted molar refractivity (Wildman–Crippen MR) is 52.7 cm³/mol. The zero-order valence-electron chi connectivity index (χ0n) is 7.83. The summed E-state index contributed by atoms with van der Waals surface area (Å²) in [6.45, 7) is 0.149. The zero-order valence-corrected chi connectivity index (χ0v) is 9.42. The van der Waals surface area contributed by atoms with Crippen LogP contribution in [0.25, 0.3) is 0 Å². The van der Waals surface area contributed by atoms with Crippen LogP contribution < -0.4 is 0 Å². The van der Waals surface area contributed by atoms with E-state index in [9.17, 15) is 13.2 Å². The van der Waals surface area contributed by atoms with Gasteiger partial charge in [-0.1, -0.05) is 12.1 Å². The van der Waals surface area contributed by atoms with Crippen LogP contribution in [-0.2, 0) is 17.5 Å². The highest BCUT2D eigenvalue weighted by Gasteiger charge is 2.38. The van der Waals surface area contributed by atoms with Crippen LogP contribution in [0.15, 0.2) is 34.5 Å². The number of nitrogens with zero attached hydrogens (tertiary/aromatic N) is 2. The maximum atomic E-state index is 12.2. The summed E-state index contributed by atoms with van der Waals surface area (Å²) in [4.78, 5) is 0. The van der Waals surface area contributed by atoms with Gasteiger partial charge in [-0.15, -0.1) is 10.2 Å². The molecule has 0 aromatic heterocycles. The lowest BCUT2D eigenvalue weighted by Gasteiger charge is -2.08. The molecule has 0 fully saturated rings. The van der Waals surface area contributed by atoms with Gasteiger partial charge in [0.25, 0.3) is 0 Å². The van der Waals surface area contributed by atoms with Crippen LogP contribution in [-0.4, -0.2) is 4.76 Å². The van der Waals surface area contributed by atoms with E-state index in [1.54, 1.807) is 0 Å². The molecular weight excluding hydrogens is 289 g/mol. The van der Waals surface area contributed by atoms with Gasteiger partial charge in [0.15, 0.2) is 0 Å². The van der Waals surface area contributed by atoms with Crippen LogP contribution in [0.5, 0.6) is 0 Å². The molecule has 0 N–H and O–H groups in total. The number of ether oxygens (including phenoxy) is 1. The molecule has 1 aromatic carbocycles. The molecule has 86 valence electrons. The summed E-state index contributed by atoms with van der Waals surface area (Å²) in [6.07, 6.45) is -4.31. The minimum atomic E-state index is -4.31. The highest BCUT2D eigenvalue weighted by atomic mass is 79.9. The molecule has 3 nitrogen and oxygen atoms in total. The summed E-state index contributed by atoms with van der Waals surface area (Å²) < 4.78 is 40.9. The fraction of sp³-hybridized carbons (Fsp3) is 0.333. The Hall–Kier alpha value is -0.950. The van der Waals surface area contributed by atoms with Crippen LogP contribution in [0.4, 0.5) is 13.2 Å². The lowest BCUT2D eigenvalue weighted by atomic mass is 10.1. The van der Waals surface area contributed by atoms with Gasteiger partial charge in [-0.05, 0) is 17.7 Å². The van der Waals surface area contributed by atoms with Crippen molar-refractivity contribution in [2.75, 3.05) is 0 Å². The Morgan fingerprint density at radius 2 is 1.75 bits per heavy atom. The summed E-state index contributed by atoms with van der Waals surface area (Å²) in [5.41, 5.74) is -0.0465. The molecule has 1 aliphatic rings. The largest absolute Gasteiger partial charge is 0.416 e. The van der Waals surface area contributed by atoms with Crippen molar-refractivity contribution in [3.63, 3.8) is 0 Å². The number of benzene rings is 1. The van der Waals surface area contributed by atoms with Gasteiger partial charge in [-0.3, -0.25) is 0 Å². The molecule has 0 radical (unpaired) electrons. The first-order valence-electron chi connectivity index (χ1n) is 4.32. The fourth-order valence-electron chi connectivity index (χ4n) is 1.06. The Kier molecular flexibility index (Phi) is 2.75. The third-order valence-corrected chi connectivity index (χ3v) is 2.51. The van der Waals surface area contributed by atoms with Gasteiger partial charge in [0, 0.05) is 15.9 Å². The topological polar surface area (TPSA) is 34.0 Å². The predicted octanol–water partition coefficient (Wildman–Crippen LogP) is 3.69. The molecule has 2 rings (SSSR count). The average Bonchev–Trinajstić information content (AvgIpc) is 2.94. The van der Waals surface area contributed by atoms with Crippen molar-refractivity contribution in [3.8, 4) is 0 Å². The molecule has 1 aliphatic heterocycles. The summed E-state index contributed by atoms with van der Waals surface area (Å²) in [7, 11) is 0.